The average Bonchev–Trinajstić information content (AvgIpc) is 3.13. The molecule has 1 aromatic carbocycles. The molecule has 0 spiro atoms. The summed E-state index contributed by atoms with van der Waals surface area (Å²) in [6, 6.07) is 1.06. The SMILES string of the molecule is COC(=O)Cc1cn(OC(=O)C(F)(F)C(F)(F)C(F)(F)F)c2ccc(OC(=O)C(F)(F)C(F)(F)C(F)(F)F)cc12. The van der Waals surface area contributed by atoms with Gasteiger partial charge in [-0.2, -0.15) is 66.2 Å². The van der Waals surface area contributed by atoms with Gasteiger partial charge in [0.25, 0.3) is 0 Å². The van der Waals surface area contributed by atoms with E-state index in [0.29, 0.717) is 24.4 Å². The van der Waals surface area contributed by atoms with Crippen molar-refractivity contribution in [2.75, 3.05) is 7.11 Å². The van der Waals surface area contributed by atoms with Gasteiger partial charge >= 0.3 is 54.0 Å². The molecule has 1 aromatic heterocycles. The lowest BCUT2D eigenvalue weighted by molar-refractivity contribution is -0.348. The first-order chi connectivity index (χ1) is 17.8. The van der Waals surface area contributed by atoms with Gasteiger partial charge < -0.3 is 14.3 Å². The molecule has 0 saturated heterocycles. The summed E-state index contributed by atoms with van der Waals surface area (Å²) in [4.78, 5) is 38.5. The summed E-state index contributed by atoms with van der Waals surface area (Å²) >= 11 is 0. The first-order valence-corrected chi connectivity index (χ1v) is 9.63. The lowest BCUT2D eigenvalue weighted by Gasteiger charge is -2.26. The van der Waals surface area contributed by atoms with E-state index in [1.54, 1.807) is 0 Å². The summed E-state index contributed by atoms with van der Waals surface area (Å²) in [6.45, 7) is 0. The van der Waals surface area contributed by atoms with E-state index in [9.17, 15) is 75.8 Å². The van der Waals surface area contributed by atoms with Crippen molar-refractivity contribution in [3.8, 4) is 5.75 Å². The number of esters is 2. The van der Waals surface area contributed by atoms with Crippen molar-refractivity contribution >= 4 is 28.8 Å². The van der Waals surface area contributed by atoms with Crippen molar-refractivity contribution in [2.45, 2.75) is 42.5 Å². The van der Waals surface area contributed by atoms with Gasteiger partial charge in [0.2, 0.25) is 0 Å². The molecule has 0 N–H and O–H groups in total. The van der Waals surface area contributed by atoms with Crippen LogP contribution in [-0.2, 0) is 25.5 Å². The van der Waals surface area contributed by atoms with Crippen molar-refractivity contribution in [2.24, 2.45) is 0 Å². The Bertz CT molecular complexity index is 1310. The molecular formula is C19H9F14NO6. The number of methoxy groups -OCH3 is 1. The molecule has 0 fully saturated rings. The molecule has 2 aromatic rings. The second-order valence-corrected chi connectivity index (χ2v) is 7.47. The second-order valence-electron chi connectivity index (χ2n) is 7.47. The first-order valence-electron chi connectivity index (χ1n) is 9.63. The smallest absolute Gasteiger partial charge is 0.460 e. The highest BCUT2D eigenvalue weighted by Crippen LogP contribution is 2.48. The highest BCUT2D eigenvalue weighted by Gasteiger charge is 2.78. The van der Waals surface area contributed by atoms with Crippen LogP contribution in [0, 0.1) is 0 Å². The minimum absolute atomic E-state index is 0.200. The largest absolute Gasteiger partial charge is 0.469 e. The third-order valence-corrected chi connectivity index (χ3v) is 4.79. The van der Waals surface area contributed by atoms with E-state index in [4.69, 9.17) is 0 Å². The van der Waals surface area contributed by atoms with Crippen molar-refractivity contribution < 1.29 is 90.2 Å². The molecule has 40 heavy (non-hydrogen) atoms. The zero-order valence-electron chi connectivity index (χ0n) is 18.7. The van der Waals surface area contributed by atoms with Gasteiger partial charge in [-0.25, -0.2) is 9.59 Å². The summed E-state index contributed by atoms with van der Waals surface area (Å²) in [7, 11) is 0.789. The molecular weight excluding hydrogens is 604 g/mol. The first kappa shape index (κ1) is 32.4. The Labute approximate surface area is 210 Å². The normalized spacial score (nSPS) is 13.8. The number of benzene rings is 1. The second kappa shape index (κ2) is 9.98. The molecule has 0 unspecified atom stereocenters. The topological polar surface area (TPSA) is 83.8 Å². The van der Waals surface area contributed by atoms with E-state index < -0.39 is 82.6 Å². The Morgan fingerprint density at radius 2 is 1.23 bits per heavy atom. The Kier molecular flexibility index (Phi) is 8.09. The van der Waals surface area contributed by atoms with Crippen LogP contribution in [0.5, 0.6) is 5.75 Å². The molecule has 2 rings (SSSR count). The fourth-order valence-electron chi connectivity index (χ4n) is 2.68. The van der Waals surface area contributed by atoms with Crippen LogP contribution in [0.1, 0.15) is 5.56 Å². The number of hydrogen-bond donors (Lipinski definition) is 0. The molecule has 0 amide bonds. The average molecular weight is 613 g/mol. The quantitative estimate of drug-likeness (QED) is 0.240. The van der Waals surface area contributed by atoms with Crippen molar-refractivity contribution in [3.05, 3.63) is 30.0 Å². The van der Waals surface area contributed by atoms with Crippen LogP contribution in [0.3, 0.4) is 0 Å². The van der Waals surface area contributed by atoms with E-state index in [0.717, 1.165) is 7.11 Å². The van der Waals surface area contributed by atoms with Gasteiger partial charge in [-0.3, -0.25) is 4.79 Å². The van der Waals surface area contributed by atoms with Gasteiger partial charge in [0.05, 0.1) is 19.0 Å². The maximum absolute atomic E-state index is 13.6. The maximum atomic E-state index is 13.6. The summed E-state index contributed by atoms with van der Waals surface area (Å²) in [6.07, 6.45) is -14.5. The van der Waals surface area contributed by atoms with Gasteiger partial charge in [0, 0.05) is 11.6 Å². The van der Waals surface area contributed by atoms with E-state index in [1.165, 1.54) is 0 Å². The fourth-order valence-corrected chi connectivity index (χ4v) is 2.68. The molecule has 0 aliphatic heterocycles. The molecule has 21 heteroatoms. The van der Waals surface area contributed by atoms with E-state index in [1.807, 2.05) is 0 Å². The number of nitrogens with zero attached hydrogens (tertiary/aromatic N) is 1. The summed E-state index contributed by atoms with van der Waals surface area (Å²) in [5.41, 5.74) is -1.38. The number of hydrogen-bond acceptors (Lipinski definition) is 6. The zero-order chi connectivity index (χ0) is 31.3. The lowest BCUT2D eigenvalue weighted by Crippen LogP contribution is -2.58. The monoisotopic (exact) mass is 613 g/mol. The van der Waals surface area contributed by atoms with Crippen LogP contribution in [-0.4, -0.2) is 65.8 Å². The van der Waals surface area contributed by atoms with Crippen LogP contribution in [0.25, 0.3) is 10.9 Å². The fraction of sp³-hybridized carbons (Fsp3) is 0.421. The summed E-state index contributed by atoms with van der Waals surface area (Å²) in [5.74, 6) is -36.3. The van der Waals surface area contributed by atoms with Crippen LogP contribution in [0.2, 0.25) is 0 Å². The van der Waals surface area contributed by atoms with Crippen LogP contribution < -0.4 is 9.57 Å². The number of alkyl halides is 14. The molecule has 1 heterocycles. The third kappa shape index (κ3) is 5.44. The molecule has 0 aliphatic rings. The predicted octanol–water partition coefficient (Wildman–Crippen LogP) is 4.88. The molecule has 0 atom stereocenters. The molecule has 0 aliphatic carbocycles. The molecule has 7 nitrogen and oxygen atoms in total. The number of carbonyl (C=O) groups is 3. The van der Waals surface area contributed by atoms with Crippen LogP contribution in [0.15, 0.2) is 24.4 Å². The number of carbonyl (C=O) groups excluding carboxylic acids is 3. The molecule has 0 saturated carbocycles. The van der Waals surface area contributed by atoms with Gasteiger partial charge in [-0.15, -0.1) is 0 Å². The number of rotatable bonds is 8. The standard InChI is InChI=1S/C19H9F14NO6/c1-38-11(35)4-7-6-34(40-13(37)15(22,23)17(26,27)19(31,32)33)10-3-2-8(5-9(7)10)39-12(36)14(20,21)16(24,25)18(28,29)30/h2-3,5-6H,4H2,1H3. The number of ether oxygens (including phenoxy) is 2. The Balaban J connectivity index is 2.54. The molecule has 0 bridgehead atoms. The zero-order valence-corrected chi connectivity index (χ0v) is 18.7. The van der Waals surface area contributed by atoms with Crippen molar-refractivity contribution in [3.63, 3.8) is 0 Å². The van der Waals surface area contributed by atoms with E-state index in [2.05, 4.69) is 14.3 Å². The van der Waals surface area contributed by atoms with E-state index in [-0.39, 0.29) is 4.73 Å². The summed E-state index contributed by atoms with van der Waals surface area (Å²) < 4.78 is 189. The maximum Gasteiger partial charge on any atom is 0.460 e. The lowest BCUT2D eigenvalue weighted by atomic mass is 10.1. The predicted molar refractivity (Wildman–Crippen MR) is 96.8 cm³/mol. The number of halogens is 14. The van der Waals surface area contributed by atoms with Crippen LogP contribution >= 0.6 is 0 Å². The minimum Gasteiger partial charge on any atom is -0.469 e. The Morgan fingerprint density at radius 3 is 1.68 bits per heavy atom. The van der Waals surface area contributed by atoms with Gasteiger partial charge in [0.1, 0.15) is 5.75 Å². The highest BCUT2D eigenvalue weighted by atomic mass is 19.4. The van der Waals surface area contributed by atoms with Gasteiger partial charge in [-0.1, -0.05) is 0 Å². The summed E-state index contributed by atoms with van der Waals surface area (Å²) in [5, 5.41) is -0.680. The van der Waals surface area contributed by atoms with Crippen molar-refractivity contribution in [1.82, 2.24) is 4.73 Å². The van der Waals surface area contributed by atoms with Crippen LogP contribution in [0.4, 0.5) is 61.5 Å². The van der Waals surface area contributed by atoms with Gasteiger partial charge in [0.15, 0.2) is 0 Å². The molecule has 0 radical (unpaired) electrons. The number of aromatic nitrogens is 1. The Morgan fingerprint density at radius 1 is 0.750 bits per heavy atom. The van der Waals surface area contributed by atoms with Crippen molar-refractivity contribution in [1.29, 1.82) is 0 Å². The van der Waals surface area contributed by atoms with Gasteiger partial charge in [-0.05, 0) is 23.8 Å². The number of fused-ring (bicyclic) bond motifs is 1. The minimum atomic E-state index is -6.94. The highest BCUT2D eigenvalue weighted by molar-refractivity contribution is 5.90. The molecule has 224 valence electrons. The third-order valence-electron chi connectivity index (χ3n) is 4.79. The van der Waals surface area contributed by atoms with E-state index >= 15 is 0 Å². The Hall–Kier alpha value is -3.81.